The number of rotatable bonds is 10. The van der Waals surface area contributed by atoms with Gasteiger partial charge in [0.1, 0.15) is 17.3 Å². The zero-order chi connectivity index (χ0) is 23.0. The molecule has 1 N–H and O–H groups in total. The highest BCUT2D eigenvalue weighted by molar-refractivity contribution is 5.92. The predicted octanol–water partition coefficient (Wildman–Crippen LogP) is 2.97. The van der Waals surface area contributed by atoms with Crippen LogP contribution in [0.5, 0.6) is 11.8 Å². The van der Waals surface area contributed by atoms with Crippen molar-refractivity contribution >= 4 is 11.7 Å². The molecule has 0 spiro atoms. The molecule has 0 saturated carbocycles. The second kappa shape index (κ2) is 10.7. The average molecular weight is 440 g/mol. The van der Waals surface area contributed by atoms with Crippen molar-refractivity contribution in [2.24, 2.45) is 0 Å². The van der Waals surface area contributed by atoms with Gasteiger partial charge >= 0.3 is 6.18 Å². The van der Waals surface area contributed by atoms with Gasteiger partial charge in [0.2, 0.25) is 11.8 Å². The zero-order valence-electron chi connectivity index (χ0n) is 17.4. The summed E-state index contributed by atoms with van der Waals surface area (Å²) in [5.41, 5.74) is 1.09. The maximum Gasteiger partial charge on any atom is 0.422 e. The minimum atomic E-state index is -4.49. The van der Waals surface area contributed by atoms with Gasteiger partial charge in [0.25, 0.3) is 5.91 Å². The third-order valence-electron chi connectivity index (χ3n) is 3.90. The number of Topliss-reactive ketones (excluding diaryl/α,β-unsaturated/α-hetero) is 1. The van der Waals surface area contributed by atoms with E-state index in [0.717, 1.165) is 0 Å². The van der Waals surface area contributed by atoms with E-state index in [4.69, 9.17) is 4.74 Å². The van der Waals surface area contributed by atoms with Gasteiger partial charge in [-0.25, -0.2) is 9.97 Å². The van der Waals surface area contributed by atoms with Crippen molar-refractivity contribution in [1.82, 2.24) is 20.3 Å². The lowest BCUT2D eigenvalue weighted by Crippen LogP contribution is -2.25. The molecule has 0 aromatic carbocycles. The zero-order valence-corrected chi connectivity index (χ0v) is 17.4. The lowest BCUT2D eigenvalue weighted by Gasteiger charge is -2.13. The van der Waals surface area contributed by atoms with Crippen LogP contribution < -0.4 is 14.8 Å². The number of aryl methyl sites for hydroxylation is 1. The number of carbonyl (C=O) groups is 2. The smallest absolute Gasteiger partial charge is 0.422 e. The Hall–Kier alpha value is -3.24. The van der Waals surface area contributed by atoms with Crippen LogP contribution in [-0.4, -0.2) is 46.0 Å². The summed E-state index contributed by atoms with van der Waals surface area (Å²) in [6.07, 6.45) is -4.11. The molecule has 0 aliphatic rings. The topological polar surface area (TPSA) is 103 Å². The van der Waals surface area contributed by atoms with Gasteiger partial charge in [-0.05, 0) is 26.0 Å². The van der Waals surface area contributed by atoms with Crippen molar-refractivity contribution in [3.63, 3.8) is 0 Å². The first-order valence-corrected chi connectivity index (χ1v) is 9.58. The highest BCUT2D eigenvalue weighted by atomic mass is 19.4. The van der Waals surface area contributed by atoms with Gasteiger partial charge in [-0.2, -0.15) is 18.2 Å². The summed E-state index contributed by atoms with van der Waals surface area (Å²) in [5, 5.41) is 2.66. The largest absolute Gasteiger partial charge is 0.478 e. The van der Waals surface area contributed by atoms with Gasteiger partial charge in [-0.15, -0.1) is 0 Å². The van der Waals surface area contributed by atoms with Crippen LogP contribution >= 0.6 is 0 Å². The second-order valence-electron chi connectivity index (χ2n) is 6.51. The van der Waals surface area contributed by atoms with Gasteiger partial charge in [0.05, 0.1) is 13.0 Å². The number of pyridine rings is 1. The molecule has 0 radical (unpaired) electrons. The molecule has 0 aliphatic heterocycles. The number of alkyl halides is 3. The van der Waals surface area contributed by atoms with Crippen molar-refractivity contribution < 1.29 is 32.2 Å². The van der Waals surface area contributed by atoms with Crippen LogP contribution in [0.4, 0.5) is 13.2 Å². The van der Waals surface area contributed by atoms with E-state index in [1.165, 1.54) is 18.2 Å². The third kappa shape index (κ3) is 7.83. The summed E-state index contributed by atoms with van der Waals surface area (Å²) in [6.45, 7) is 3.85. The SMILES string of the molecule is CCOc1nc(OCC(F)(F)F)ccc1CNC(=O)c1cc(C)nc(CC(=O)CC)n1. The molecular formula is C20H23F3N4O4. The fourth-order valence-electron chi connectivity index (χ4n) is 2.48. The second-order valence-corrected chi connectivity index (χ2v) is 6.51. The summed E-state index contributed by atoms with van der Waals surface area (Å²) < 4.78 is 47.0. The van der Waals surface area contributed by atoms with E-state index < -0.39 is 18.7 Å². The molecule has 0 aliphatic carbocycles. The molecule has 2 heterocycles. The molecule has 0 fully saturated rings. The minimum absolute atomic E-state index is 0.00695. The van der Waals surface area contributed by atoms with Crippen molar-refractivity contribution in [2.75, 3.05) is 13.2 Å². The first kappa shape index (κ1) is 24.0. The minimum Gasteiger partial charge on any atom is -0.478 e. The molecule has 168 valence electrons. The number of amides is 1. The molecule has 0 bridgehead atoms. The number of halogens is 3. The van der Waals surface area contributed by atoms with Crippen LogP contribution in [0.15, 0.2) is 18.2 Å². The van der Waals surface area contributed by atoms with Crippen LogP contribution in [0.1, 0.15) is 47.8 Å². The fourth-order valence-corrected chi connectivity index (χ4v) is 2.48. The number of ketones is 1. The number of nitrogens with zero attached hydrogens (tertiary/aromatic N) is 3. The molecule has 2 rings (SSSR count). The van der Waals surface area contributed by atoms with Crippen LogP contribution in [0.2, 0.25) is 0 Å². The molecule has 11 heteroatoms. The van der Waals surface area contributed by atoms with E-state index in [9.17, 15) is 22.8 Å². The number of aromatic nitrogens is 3. The summed E-state index contributed by atoms with van der Waals surface area (Å²) in [7, 11) is 0. The molecule has 0 atom stereocenters. The number of hydrogen-bond donors (Lipinski definition) is 1. The Morgan fingerprint density at radius 1 is 1.10 bits per heavy atom. The first-order chi connectivity index (χ1) is 14.6. The number of ether oxygens (including phenoxy) is 2. The first-order valence-electron chi connectivity index (χ1n) is 9.58. The summed E-state index contributed by atoms with van der Waals surface area (Å²) in [6, 6.07) is 4.21. The number of hydrogen-bond acceptors (Lipinski definition) is 7. The molecule has 8 nitrogen and oxygen atoms in total. The van der Waals surface area contributed by atoms with Crippen molar-refractivity contribution in [3.05, 3.63) is 41.0 Å². The van der Waals surface area contributed by atoms with Crippen LogP contribution in [-0.2, 0) is 17.8 Å². The predicted molar refractivity (Wildman–Crippen MR) is 104 cm³/mol. The van der Waals surface area contributed by atoms with Crippen LogP contribution in [0, 0.1) is 6.92 Å². The summed E-state index contributed by atoms with van der Waals surface area (Å²) in [4.78, 5) is 36.4. The Bertz CT molecular complexity index is 935. The quantitative estimate of drug-likeness (QED) is 0.606. The third-order valence-corrected chi connectivity index (χ3v) is 3.90. The lowest BCUT2D eigenvalue weighted by atomic mass is 10.2. The van der Waals surface area contributed by atoms with Gasteiger partial charge in [-0.3, -0.25) is 9.59 Å². The highest BCUT2D eigenvalue weighted by Gasteiger charge is 2.28. The maximum absolute atomic E-state index is 12.5. The maximum atomic E-state index is 12.5. The molecule has 0 unspecified atom stereocenters. The van der Waals surface area contributed by atoms with E-state index >= 15 is 0 Å². The van der Waals surface area contributed by atoms with Gasteiger partial charge in [0.15, 0.2) is 6.61 Å². The van der Waals surface area contributed by atoms with Crippen LogP contribution in [0.25, 0.3) is 0 Å². The molecule has 1 amide bonds. The van der Waals surface area contributed by atoms with Gasteiger partial charge in [0, 0.05) is 30.3 Å². The van der Waals surface area contributed by atoms with E-state index in [0.29, 0.717) is 17.7 Å². The van der Waals surface area contributed by atoms with Gasteiger partial charge in [-0.1, -0.05) is 6.92 Å². The van der Waals surface area contributed by atoms with E-state index in [1.807, 2.05) is 0 Å². The van der Waals surface area contributed by atoms with Crippen LogP contribution in [0.3, 0.4) is 0 Å². The molecule has 2 aromatic heterocycles. The molecule has 0 saturated heterocycles. The lowest BCUT2D eigenvalue weighted by molar-refractivity contribution is -0.154. The highest BCUT2D eigenvalue weighted by Crippen LogP contribution is 2.22. The van der Waals surface area contributed by atoms with E-state index in [2.05, 4.69) is 25.0 Å². The Morgan fingerprint density at radius 3 is 2.48 bits per heavy atom. The standard InChI is InChI=1S/C20H23F3N4O4/c1-4-14(28)9-16-25-12(3)8-15(26-16)18(29)24-10-13-6-7-17(27-19(13)30-5-2)31-11-20(21,22)23/h6-8H,4-5,9-11H2,1-3H3,(H,24,29). The fraction of sp³-hybridized carbons (Fsp3) is 0.450. The Kier molecular flexibility index (Phi) is 8.29. The molecule has 2 aromatic rings. The number of carbonyl (C=O) groups excluding carboxylic acids is 2. The average Bonchev–Trinajstić information content (AvgIpc) is 2.70. The normalized spacial score (nSPS) is 11.2. The monoisotopic (exact) mass is 440 g/mol. The summed E-state index contributed by atoms with van der Waals surface area (Å²) >= 11 is 0. The summed E-state index contributed by atoms with van der Waals surface area (Å²) in [5.74, 6) is -0.476. The van der Waals surface area contributed by atoms with E-state index in [-0.39, 0.29) is 48.6 Å². The Labute approximate surface area is 177 Å². The van der Waals surface area contributed by atoms with Gasteiger partial charge < -0.3 is 14.8 Å². The van der Waals surface area contributed by atoms with Crippen molar-refractivity contribution in [1.29, 1.82) is 0 Å². The Balaban J connectivity index is 2.11. The van der Waals surface area contributed by atoms with Crippen molar-refractivity contribution in [2.45, 2.75) is 46.3 Å². The molecular weight excluding hydrogens is 417 g/mol. The van der Waals surface area contributed by atoms with Crippen molar-refractivity contribution in [3.8, 4) is 11.8 Å². The molecule has 31 heavy (non-hydrogen) atoms. The van der Waals surface area contributed by atoms with E-state index in [1.54, 1.807) is 20.8 Å². The number of nitrogens with one attached hydrogen (secondary N) is 1. The Morgan fingerprint density at radius 2 is 1.84 bits per heavy atom.